The van der Waals surface area contributed by atoms with Crippen LogP contribution in [-0.2, 0) is 34.2 Å². The largest absolute Gasteiger partial charge is 0.363 e. The summed E-state index contributed by atoms with van der Waals surface area (Å²) in [7, 11) is 0.189. The monoisotopic (exact) mass is 416 g/mol. The number of amides is 1. The number of fused-ring (bicyclic) bond motifs is 1. The topological polar surface area (TPSA) is 91.4 Å². The van der Waals surface area contributed by atoms with Gasteiger partial charge in [0, 0.05) is 39.8 Å². The predicted molar refractivity (Wildman–Crippen MR) is 113 cm³/mol. The van der Waals surface area contributed by atoms with Crippen LogP contribution in [0.2, 0.25) is 0 Å². The molecular formula is C21H28N4O3S. The fourth-order valence-corrected chi connectivity index (χ4v) is 4.45. The Labute approximate surface area is 172 Å². The Bertz CT molecular complexity index is 974. The first-order chi connectivity index (χ1) is 13.8. The lowest BCUT2D eigenvalue weighted by Gasteiger charge is -2.16. The summed E-state index contributed by atoms with van der Waals surface area (Å²) in [5, 5.41) is 2.81. The fraction of sp³-hybridized carbons (Fsp3) is 0.429. The van der Waals surface area contributed by atoms with E-state index in [0.717, 1.165) is 42.6 Å². The molecule has 1 aromatic heterocycles. The van der Waals surface area contributed by atoms with Crippen molar-refractivity contribution >= 4 is 21.7 Å². The van der Waals surface area contributed by atoms with Crippen LogP contribution in [-0.4, -0.2) is 39.9 Å². The van der Waals surface area contributed by atoms with E-state index in [4.69, 9.17) is 0 Å². The second-order valence-corrected chi connectivity index (χ2v) is 9.25. The molecule has 0 saturated heterocycles. The molecule has 1 aliphatic carbocycles. The Balaban J connectivity index is 1.48. The highest BCUT2D eigenvalue weighted by atomic mass is 32.2. The van der Waals surface area contributed by atoms with E-state index >= 15 is 0 Å². The molecule has 1 amide bonds. The number of rotatable bonds is 8. The van der Waals surface area contributed by atoms with E-state index in [0.29, 0.717) is 6.54 Å². The number of anilines is 1. The van der Waals surface area contributed by atoms with Gasteiger partial charge in [-0.3, -0.25) is 4.79 Å². The number of benzene rings is 1. The van der Waals surface area contributed by atoms with Crippen molar-refractivity contribution in [2.75, 3.05) is 25.5 Å². The van der Waals surface area contributed by atoms with Crippen LogP contribution in [0.4, 0.5) is 5.82 Å². The number of sulfonamides is 1. The highest BCUT2D eigenvalue weighted by molar-refractivity contribution is 7.89. The molecule has 1 aliphatic rings. The fourth-order valence-electron chi connectivity index (χ4n) is 3.36. The molecule has 8 heteroatoms. The number of hydrogen-bond acceptors (Lipinski definition) is 5. The predicted octanol–water partition coefficient (Wildman–Crippen LogP) is 2.01. The molecule has 7 nitrogen and oxygen atoms in total. The van der Waals surface area contributed by atoms with Crippen LogP contribution in [0.3, 0.4) is 0 Å². The summed E-state index contributed by atoms with van der Waals surface area (Å²) in [6.07, 6.45) is 5.96. The van der Waals surface area contributed by atoms with Crippen LogP contribution in [0.1, 0.15) is 36.0 Å². The zero-order valence-corrected chi connectivity index (χ0v) is 17.8. The molecule has 2 aromatic rings. The molecule has 2 N–H and O–H groups in total. The van der Waals surface area contributed by atoms with Crippen LogP contribution in [0.5, 0.6) is 0 Å². The van der Waals surface area contributed by atoms with E-state index in [1.54, 1.807) is 18.3 Å². The lowest BCUT2D eigenvalue weighted by molar-refractivity contribution is -0.121. The maximum Gasteiger partial charge on any atom is 0.240 e. The summed E-state index contributed by atoms with van der Waals surface area (Å²) >= 11 is 0. The van der Waals surface area contributed by atoms with E-state index in [1.807, 2.05) is 37.2 Å². The standard InChI is InChI=1S/C21H28N4O3S/c1-25(2)20-13-16(9-11-22-20)15-23-21(26)10-12-24-29(27,28)19-8-7-17-5-3-4-6-18(17)14-19/h7-9,11,13-14,24H,3-6,10,12,15H2,1-2H3,(H,23,26). The van der Waals surface area contributed by atoms with Gasteiger partial charge < -0.3 is 10.2 Å². The summed E-state index contributed by atoms with van der Waals surface area (Å²) in [4.78, 5) is 18.5. The molecule has 29 heavy (non-hydrogen) atoms. The lowest BCUT2D eigenvalue weighted by atomic mass is 9.92. The molecule has 1 aromatic carbocycles. The minimum Gasteiger partial charge on any atom is -0.363 e. The minimum absolute atomic E-state index is 0.0601. The first-order valence-electron chi connectivity index (χ1n) is 9.85. The van der Waals surface area contributed by atoms with Crippen LogP contribution in [0.15, 0.2) is 41.4 Å². The van der Waals surface area contributed by atoms with Gasteiger partial charge in [0.2, 0.25) is 15.9 Å². The number of carbonyl (C=O) groups is 1. The Kier molecular flexibility index (Phi) is 6.87. The molecule has 3 rings (SSSR count). The maximum atomic E-state index is 12.5. The maximum absolute atomic E-state index is 12.5. The summed E-state index contributed by atoms with van der Waals surface area (Å²) < 4.78 is 27.6. The highest BCUT2D eigenvalue weighted by Crippen LogP contribution is 2.24. The van der Waals surface area contributed by atoms with Crippen molar-refractivity contribution < 1.29 is 13.2 Å². The quantitative estimate of drug-likeness (QED) is 0.687. The van der Waals surface area contributed by atoms with E-state index in [2.05, 4.69) is 15.0 Å². The van der Waals surface area contributed by atoms with Gasteiger partial charge >= 0.3 is 0 Å². The number of nitrogens with zero attached hydrogens (tertiary/aromatic N) is 2. The molecular weight excluding hydrogens is 388 g/mol. The number of aromatic nitrogens is 1. The van der Waals surface area contributed by atoms with E-state index in [-0.39, 0.29) is 23.8 Å². The summed E-state index contributed by atoms with van der Waals surface area (Å²) in [6, 6.07) is 9.07. The third kappa shape index (κ3) is 5.77. The molecule has 0 spiro atoms. The average molecular weight is 417 g/mol. The van der Waals surface area contributed by atoms with E-state index in [9.17, 15) is 13.2 Å². The smallest absolute Gasteiger partial charge is 0.240 e. The third-order valence-corrected chi connectivity index (χ3v) is 6.49. The van der Waals surface area contributed by atoms with Gasteiger partial charge in [-0.25, -0.2) is 18.1 Å². The molecule has 0 saturated carbocycles. The molecule has 0 aliphatic heterocycles. The third-order valence-electron chi connectivity index (χ3n) is 5.03. The average Bonchev–Trinajstić information content (AvgIpc) is 2.72. The highest BCUT2D eigenvalue weighted by Gasteiger charge is 2.17. The van der Waals surface area contributed by atoms with Crippen LogP contribution in [0, 0.1) is 0 Å². The van der Waals surface area contributed by atoms with Crippen molar-refractivity contribution in [3.63, 3.8) is 0 Å². The normalized spacial score (nSPS) is 13.6. The van der Waals surface area contributed by atoms with Crippen molar-refractivity contribution in [2.24, 2.45) is 0 Å². The first-order valence-corrected chi connectivity index (χ1v) is 11.3. The van der Waals surface area contributed by atoms with Crippen molar-refractivity contribution in [3.8, 4) is 0 Å². The number of pyridine rings is 1. The van der Waals surface area contributed by atoms with Crippen molar-refractivity contribution in [1.29, 1.82) is 0 Å². The second kappa shape index (κ2) is 9.37. The SMILES string of the molecule is CN(C)c1cc(CNC(=O)CCNS(=O)(=O)c2ccc3c(c2)CCCC3)ccn1. The molecule has 0 fully saturated rings. The zero-order valence-electron chi connectivity index (χ0n) is 16.9. The second-order valence-electron chi connectivity index (χ2n) is 7.48. The Morgan fingerprint density at radius 3 is 2.62 bits per heavy atom. The summed E-state index contributed by atoms with van der Waals surface area (Å²) in [5.41, 5.74) is 3.29. The molecule has 0 radical (unpaired) electrons. The number of nitrogens with one attached hydrogen (secondary N) is 2. The van der Waals surface area contributed by atoms with Gasteiger partial charge in [0.1, 0.15) is 5.82 Å². The van der Waals surface area contributed by atoms with Gasteiger partial charge in [-0.15, -0.1) is 0 Å². The minimum atomic E-state index is -3.62. The van der Waals surface area contributed by atoms with Gasteiger partial charge in [-0.1, -0.05) is 6.07 Å². The van der Waals surface area contributed by atoms with Gasteiger partial charge in [0.25, 0.3) is 0 Å². The number of carbonyl (C=O) groups excluding carboxylic acids is 1. The van der Waals surface area contributed by atoms with Gasteiger partial charge in [0.05, 0.1) is 4.90 Å². The van der Waals surface area contributed by atoms with E-state index in [1.165, 1.54) is 5.56 Å². The molecule has 0 bridgehead atoms. The van der Waals surface area contributed by atoms with Crippen molar-refractivity contribution in [2.45, 2.75) is 43.5 Å². The van der Waals surface area contributed by atoms with Crippen molar-refractivity contribution in [1.82, 2.24) is 15.0 Å². The van der Waals surface area contributed by atoms with Gasteiger partial charge in [-0.05, 0) is 66.6 Å². The van der Waals surface area contributed by atoms with Crippen LogP contribution >= 0.6 is 0 Å². The Morgan fingerprint density at radius 2 is 1.86 bits per heavy atom. The number of hydrogen-bond donors (Lipinski definition) is 2. The van der Waals surface area contributed by atoms with Crippen LogP contribution in [0.25, 0.3) is 0 Å². The van der Waals surface area contributed by atoms with Crippen LogP contribution < -0.4 is 14.9 Å². The first kappa shape index (κ1) is 21.3. The summed E-state index contributed by atoms with van der Waals surface area (Å²) in [6.45, 7) is 0.435. The van der Waals surface area contributed by atoms with Gasteiger partial charge in [0.15, 0.2) is 0 Å². The Hall–Kier alpha value is -2.45. The molecule has 156 valence electrons. The zero-order chi connectivity index (χ0) is 20.9. The van der Waals surface area contributed by atoms with E-state index < -0.39 is 10.0 Å². The molecule has 0 unspecified atom stereocenters. The number of aryl methyl sites for hydroxylation is 2. The van der Waals surface area contributed by atoms with Crippen molar-refractivity contribution in [3.05, 3.63) is 53.2 Å². The molecule has 1 heterocycles. The molecule has 0 atom stereocenters. The summed E-state index contributed by atoms with van der Waals surface area (Å²) in [5.74, 6) is 0.607. The van der Waals surface area contributed by atoms with Gasteiger partial charge in [-0.2, -0.15) is 0 Å². The Morgan fingerprint density at radius 1 is 1.10 bits per heavy atom. The lowest BCUT2D eigenvalue weighted by Crippen LogP contribution is -2.30.